The van der Waals surface area contributed by atoms with Crippen molar-refractivity contribution in [1.82, 2.24) is 0 Å². The minimum atomic E-state index is -4.18. The van der Waals surface area contributed by atoms with Crippen LogP contribution in [0.3, 0.4) is 0 Å². The number of alkyl halides is 3. The smallest absolute Gasteiger partial charge is 0.171 e. The molecule has 0 aliphatic carbocycles. The van der Waals surface area contributed by atoms with Crippen LogP contribution in [-0.4, -0.2) is 12.9 Å². The largest absolute Gasteiger partial charge is 0.388 e. The third-order valence-corrected chi connectivity index (χ3v) is 4.61. The van der Waals surface area contributed by atoms with E-state index in [1.807, 2.05) is 0 Å². The lowest BCUT2D eigenvalue weighted by Crippen LogP contribution is -2.19. The minimum Gasteiger partial charge on any atom is -0.171 e. The second-order valence-electron chi connectivity index (χ2n) is 2.08. The number of hydrogen-bond acceptors (Lipinski definition) is 0. The van der Waals surface area contributed by atoms with Gasteiger partial charge in [-0.15, -0.1) is 28.7 Å². The Bertz CT molecular complexity index is 143. The van der Waals surface area contributed by atoms with Gasteiger partial charge in [-0.05, 0) is 6.04 Å². The first-order valence-electron chi connectivity index (χ1n) is 2.85. The quantitative estimate of drug-likeness (QED) is 0.506. The zero-order chi connectivity index (χ0) is 9.12. The molecule has 0 heterocycles. The molecule has 0 aromatic rings. The fourth-order valence-electron chi connectivity index (χ4n) is 0.410. The maximum atomic E-state index is 11.6. The first kappa shape index (κ1) is 11.3. The molecule has 0 atom stereocenters. The summed E-state index contributed by atoms with van der Waals surface area (Å²) < 4.78 is 34.8. The lowest BCUT2D eigenvalue weighted by atomic mass is 10.5. The van der Waals surface area contributed by atoms with Gasteiger partial charge < -0.3 is 0 Å². The van der Waals surface area contributed by atoms with Crippen LogP contribution in [0.5, 0.6) is 0 Å². The summed E-state index contributed by atoms with van der Waals surface area (Å²) in [5.74, 6) is 0. The van der Waals surface area contributed by atoms with E-state index in [1.165, 1.54) is 5.70 Å². The summed E-state index contributed by atoms with van der Waals surface area (Å²) in [6, 6.07) is -0.219. The van der Waals surface area contributed by atoms with Gasteiger partial charge in [0.25, 0.3) is 6.69 Å². The molecule has 0 nitrogen and oxygen atoms in total. The molecule has 0 unspecified atom stereocenters. The molecule has 0 aromatic carbocycles. The van der Waals surface area contributed by atoms with Gasteiger partial charge in [-0.1, -0.05) is 5.70 Å². The highest BCUT2D eigenvalue weighted by atomic mass is 35.7. The van der Waals surface area contributed by atoms with Crippen LogP contribution in [0.4, 0.5) is 13.2 Å². The summed E-state index contributed by atoms with van der Waals surface area (Å²) in [6.07, 6.45) is -5.11. The lowest BCUT2D eigenvalue weighted by molar-refractivity contribution is -0.130. The monoisotopic (exact) mass is 222 g/mol. The Morgan fingerprint density at radius 1 is 1.36 bits per heavy atom. The molecule has 0 amide bonds. The molecular formula is C5H7Cl2F3Si. The fraction of sp³-hybridized carbons (Fsp3) is 0.600. The van der Waals surface area contributed by atoms with E-state index in [4.69, 9.17) is 22.2 Å². The summed E-state index contributed by atoms with van der Waals surface area (Å²) in [7, 11) is 0. The van der Waals surface area contributed by atoms with Gasteiger partial charge in [0.15, 0.2) is 0 Å². The topological polar surface area (TPSA) is 0 Å². The predicted octanol–water partition coefficient (Wildman–Crippen LogP) is 3.58. The molecule has 66 valence electrons. The second-order valence-corrected chi connectivity index (χ2v) is 9.14. The molecule has 0 spiro atoms. The van der Waals surface area contributed by atoms with Crippen LogP contribution in [0, 0.1) is 0 Å². The van der Waals surface area contributed by atoms with Gasteiger partial charge in [-0.3, -0.25) is 0 Å². The van der Waals surface area contributed by atoms with Crippen molar-refractivity contribution in [3.05, 3.63) is 12.3 Å². The highest BCUT2D eigenvalue weighted by Crippen LogP contribution is 2.30. The molecule has 0 saturated carbocycles. The predicted molar refractivity (Wildman–Crippen MR) is 43.1 cm³/mol. The Kier molecular flexibility index (Phi) is 3.94. The highest BCUT2D eigenvalue weighted by molar-refractivity contribution is 7.47. The molecule has 0 saturated heterocycles. The van der Waals surface area contributed by atoms with Gasteiger partial charge in [0.05, 0.1) is 0 Å². The molecule has 0 rings (SSSR count). The van der Waals surface area contributed by atoms with Crippen molar-refractivity contribution in [2.24, 2.45) is 0 Å². The van der Waals surface area contributed by atoms with Crippen molar-refractivity contribution in [2.75, 3.05) is 0 Å². The van der Waals surface area contributed by atoms with E-state index in [2.05, 4.69) is 6.58 Å². The SMILES string of the molecule is C=C[Si](Cl)(Cl)CCC(F)(F)F. The van der Waals surface area contributed by atoms with E-state index in [1.54, 1.807) is 0 Å². The first-order valence-corrected chi connectivity index (χ1v) is 7.16. The van der Waals surface area contributed by atoms with E-state index in [0.29, 0.717) is 0 Å². The summed E-state index contributed by atoms with van der Waals surface area (Å²) in [5.41, 5.74) is 1.22. The molecule has 0 N–H and O–H groups in total. The van der Waals surface area contributed by atoms with E-state index in [0.717, 1.165) is 0 Å². The van der Waals surface area contributed by atoms with Crippen LogP contribution in [0.25, 0.3) is 0 Å². The van der Waals surface area contributed by atoms with Gasteiger partial charge in [0.1, 0.15) is 0 Å². The van der Waals surface area contributed by atoms with Crippen molar-refractivity contribution < 1.29 is 13.2 Å². The highest BCUT2D eigenvalue weighted by Gasteiger charge is 2.33. The normalized spacial score (nSPS) is 13.2. The third kappa shape index (κ3) is 6.71. The van der Waals surface area contributed by atoms with Crippen LogP contribution in [0.15, 0.2) is 12.3 Å². The Hall–Kier alpha value is 0.327. The van der Waals surface area contributed by atoms with Crippen molar-refractivity contribution in [3.8, 4) is 0 Å². The van der Waals surface area contributed by atoms with Gasteiger partial charge >= 0.3 is 6.18 Å². The zero-order valence-electron chi connectivity index (χ0n) is 5.59. The molecule has 0 bridgehead atoms. The zero-order valence-corrected chi connectivity index (χ0v) is 8.10. The van der Waals surface area contributed by atoms with Crippen molar-refractivity contribution >= 4 is 28.9 Å². The van der Waals surface area contributed by atoms with Crippen LogP contribution >= 0.6 is 22.2 Å². The van der Waals surface area contributed by atoms with E-state index in [9.17, 15) is 13.2 Å². The van der Waals surface area contributed by atoms with Crippen LogP contribution in [0.2, 0.25) is 6.04 Å². The molecule has 0 aliphatic rings. The Balaban J connectivity index is 3.79. The molecule has 0 aromatic heterocycles. The van der Waals surface area contributed by atoms with E-state index in [-0.39, 0.29) is 6.04 Å². The lowest BCUT2D eigenvalue weighted by Gasteiger charge is -2.12. The summed E-state index contributed by atoms with van der Waals surface area (Å²) >= 11 is 11.0. The molecule has 0 fully saturated rings. The Morgan fingerprint density at radius 3 is 2.09 bits per heavy atom. The molecule has 11 heavy (non-hydrogen) atoms. The van der Waals surface area contributed by atoms with Gasteiger partial charge in [-0.25, -0.2) is 0 Å². The summed E-state index contributed by atoms with van der Waals surface area (Å²) in [5, 5.41) is 0. The third-order valence-electron chi connectivity index (χ3n) is 1.04. The average molecular weight is 223 g/mol. The fourth-order valence-corrected chi connectivity index (χ4v) is 1.80. The van der Waals surface area contributed by atoms with Crippen molar-refractivity contribution in [3.63, 3.8) is 0 Å². The van der Waals surface area contributed by atoms with E-state index < -0.39 is 19.3 Å². The minimum absolute atomic E-state index is 0.219. The summed E-state index contributed by atoms with van der Waals surface area (Å²) in [4.78, 5) is 0. The van der Waals surface area contributed by atoms with Gasteiger partial charge in [-0.2, -0.15) is 13.2 Å². The number of hydrogen-bond donors (Lipinski definition) is 0. The first-order chi connectivity index (χ1) is 4.77. The molecule has 0 radical (unpaired) electrons. The standard InChI is InChI=1S/C5H7Cl2F3Si/c1-2-11(6,7)4-3-5(8,9)10/h2H,1,3-4H2. The summed E-state index contributed by atoms with van der Waals surface area (Å²) in [6.45, 7) is 0.465. The van der Waals surface area contributed by atoms with Gasteiger partial charge in [0, 0.05) is 6.42 Å². The van der Waals surface area contributed by atoms with Crippen LogP contribution in [0.1, 0.15) is 6.42 Å². The second kappa shape index (κ2) is 3.82. The molecular weight excluding hydrogens is 216 g/mol. The van der Waals surface area contributed by atoms with Crippen LogP contribution in [-0.2, 0) is 0 Å². The maximum absolute atomic E-state index is 11.6. The number of rotatable bonds is 3. The molecule has 6 heteroatoms. The van der Waals surface area contributed by atoms with Crippen molar-refractivity contribution in [2.45, 2.75) is 18.6 Å². The maximum Gasteiger partial charge on any atom is 0.388 e. The van der Waals surface area contributed by atoms with Crippen molar-refractivity contribution in [1.29, 1.82) is 0 Å². The number of halogens is 5. The molecule has 0 aliphatic heterocycles. The van der Waals surface area contributed by atoms with Gasteiger partial charge in [0.2, 0.25) is 0 Å². The average Bonchev–Trinajstić information content (AvgIpc) is 1.83. The van der Waals surface area contributed by atoms with Crippen LogP contribution < -0.4 is 0 Å². The Morgan fingerprint density at radius 2 is 1.82 bits per heavy atom. The Labute approximate surface area is 73.4 Å². The van der Waals surface area contributed by atoms with E-state index >= 15 is 0 Å².